The van der Waals surface area contributed by atoms with Gasteiger partial charge in [0.25, 0.3) is 0 Å². The van der Waals surface area contributed by atoms with Crippen LogP contribution < -0.4 is 10.6 Å². The van der Waals surface area contributed by atoms with Crippen molar-refractivity contribution in [2.75, 3.05) is 12.3 Å². The van der Waals surface area contributed by atoms with Gasteiger partial charge in [0.15, 0.2) is 11.0 Å². The molecular weight excluding hydrogens is 386 g/mol. The van der Waals surface area contributed by atoms with Gasteiger partial charge in [0, 0.05) is 17.8 Å². The lowest BCUT2D eigenvalue weighted by molar-refractivity contribution is -0.117. The lowest BCUT2D eigenvalue weighted by Gasteiger charge is -2.11. The van der Waals surface area contributed by atoms with Gasteiger partial charge >= 0.3 is 6.03 Å². The molecule has 0 spiro atoms. The predicted octanol–water partition coefficient (Wildman–Crippen LogP) is 3.57. The minimum absolute atomic E-state index is 0.0539. The van der Waals surface area contributed by atoms with Crippen LogP contribution in [0.5, 0.6) is 0 Å². The van der Waals surface area contributed by atoms with Gasteiger partial charge in [0.05, 0.1) is 5.75 Å². The maximum Gasteiger partial charge on any atom is 0.321 e. The Labute approximate surface area is 173 Å². The Morgan fingerprint density at radius 3 is 2.45 bits per heavy atom. The number of aromatic nitrogens is 3. The number of nitrogens with zero attached hydrogens (tertiary/aromatic N) is 3. The zero-order valence-electron chi connectivity index (χ0n) is 16.4. The number of thioether (sulfide) groups is 1. The van der Waals surface area contributed by atoms with Gasteiger partial charge in [-0.3, -0.25) is 14.7 Å². The van der Waals surface area contributed by atoms with Crippen LogP contribution in [0.3, 0.4) is 0 Å². The zero-order chi connectivity index (χ0) is 20.6. The van der Waals surface area contributed by atoms with Crippen LogP contribution in [0.4, 0.5) is 4.79 Å². The second kappa shape index (κ2) is 9.88. The SMILES string of the molecule is CCCNC(=O)NC(=O)CSc1nnc(-c2ccccc2)n1-c1ccc(C)cc1. The molecule has 0 aliphatic carbocycles. The van der Waals surface area contributed by atoms with E-state index in [9.17, 15) is 9.59 Å². The van der Waals surface area contributed by atoms with E-state index in [-0.39, 0.29) is 11.7 Å². The average molecular weight is 410 g/mol. The molecule has 0 bridgehead atoms. The second-order valence-corrected chi connectivity index (χ2v) is 7.38. The molecule has 0 aliphatic heterocycles. The molecule has 3 amide bonds. The summed E-state index contributed by atoms with van der Waals surface area (Å²) in [4.78, 5) is 23.8. The Hall–Kier alpha value is -3.13. The Balaban J connectivity index is 1.82. The molecule has 0 saturated carbocycles. The van der Waals surface area contributed by atoms with E-state index >= 15 is 0 Å². The van der Waals surface area contributed by atoms with Gasteiger partial charge in [-0.05, 0) is 25.5 Å². The van der Waals surface area contributed by atoms with Crippen LogP contribution in [-0.4, -0.2) is 39.0 Å². The van der Waals surface area contributed by atoms with Gasteiger partial charge < -0.3 is 5.32 Å². The molecule has 0 atom stereocenters. The van der Waals surface area contributed by atoms with Crippen molar-refractivity contribution in [1.82, 2.24) is 25.4 Å². The second-order valence-electron chi connectivity index (χ2n) is 6.44. The molecule has 3 rings (SSSR count). The molecule has 0 unspecified atom stereocenters. The minimum Gasteiger partial charge on any atom is -0.338 e. The van der Waals surface area contributed by atoms with Gasteiger partial charge in [-0.1, -0.05) is 66.7 Å². The molecule has 2 aromatic carbocycles. The molecule has 0 aliphatic rings. The Bertz CT molecular complexity index is 970. The fourth-order valence-corrected chi connectivity index (χ4v) is 3.39. The van der Waals surface area contributed by atoms with E-state index in [1.54, 1.807) is 0 Å². The van der Waals surface area contributed by atoms with E-state index in [4.69, 9.17) is 0 Å². The first-order valence-corrected chi connectivity index (χ1v) is 10.4. The highest BCUT2D eigenvalue weighted by Gasteiger charge is 2.17. The third-order valence-corrected chi connectivity index (χ3v) is 5.01. The molecule has 1 heterocycles. The number of urea groups is 1. The first-order chi connectivity index (χ1) is 14.1. The van der Waals surface area contributed by atoms with Crippen LogP contribution in [-0.2, 0) is 4.79 Å². The monoisotopic (exact) mass is 409 g/mol. The highest BCUT2D eigenvalue weighted by molar-refractivity contribution is 7.99. The maximum atomic E-state index is 12.1. The van der Waals surface area contributed by atoms with Crippen LogP contribution in [0.25, 0.3) is 17.1 Å². The average Bonchev–Trinajstić information content (AvgIpc) is 3.16. The molecule has 2 N–H and O–H groups in total. The van der Waals surface area contributed by atoms with E-state index < -0.39 is 6.03 Å². The first kappa shape index (κ1) is 20.6. The molecule has 0 radical (unpaired) electrons. The fourth-order valence-electron chi connectivity index (χ4n) is 2.64. The number of hydrogen-bond acceptors (Lipinski definition) is 5. The minimum atomic E-state index is -0.484. The van der Waals surface area contributed by atoms with Crippen molar-refractivity contribution in [3.05, 3.63) is 60.2 Å². The summed E-state index contributed by atoms with van der Waals surface area (Å²) in [7, 11) is 0. The van der Waals surface area contributed by atoms with E-state index in [1.807, 2.05) is 73.0 Å². The summed E-state index contributed by atoms with van der Waals surface area (Å²) < 4.78 is 1.92. The number of nitrogens with one attached hydrogen (secondary N) is 2. The number of rotatable bonds is 7. The summed E-state index contributed by atoms with van der Waals surface area (Å²) in [6.07, 6.45) is 0.804. The number of carbonyl (C=O) groups excluding carboxylic acids is 2. The van der Waals surface area contributed by atoms with Crippen molar-refractivity contribution in [2.24, 2.45) is 0 Å². The highest BCUT2D eigenvalue weighted by atomic mass is 32.2. The summed E-state index contributed by atoms with van der Waals surface area (Å²) in [5, 5.41) is 14.2. The molecule has 0 saturated heterocycles. The topological polar surface area (TPSA) is 88.9 Å². The predicted molar refractivity (Wildman–Crippen MR) is 114 cm³/mol. The van der Waals surface area contributed by atoms with E-state index in [0.29, 0.717) is 17.5 Å². The highest BCUT2D eigenvalue weighted by Crippen LogP contribution is 2.27. The van der Waals surface area contributed by atoms with Gasteiger partial charge in [-0.15, -0.1) is 10.2 Å². The Kier molecular flexibility index (Phi) is 7.02. The van der Waals surface area contributed by atoms with Crippen LogP contribution in [0.15, 0.2) is 59.8 Å². The van der Waals surface area contributed by atoms with Crippen LogP contribution in [0.2, 0.25) is 0 Å². The van der Waals surface area contributed by atoms with Crippen molar-refractivity contribution in [3.63, 3.8) is 0 Å². The molecule has 7 nitrogen and oxygen atoms in total. The van der Waals surface area contributed by atoms with Gasteiger partial charge in [-0.2, -0.15) is 0 Å². The standard InChI is InChI=1S/C21H23N5O2S/c1-3-13-22-20(28)23-18(27)14-29-21-25-24-19(16-7-5-4-6-8-16)26(21)17-11-9-15(2)10-12-17/h4-12H,3,13-14H2,1-2H3,(H2,22,23,27,28). The van der Waals surface area contributed by atoms with E-state index in [0.717, 1.165) is 23.2 Å². The normalized spacial score (nSPS) is 10.6. The summed E-state index contributed by atoms with van der Waals surface area (Å²) in [5.41, 5.74) is 2.98. The Morgan fingerprint density at radius 2 is 1.76 bits per heavy atom. The van der Waals surface area contributed by atoms with E-state index in [1.165, 1.54) is 11.8 Å². The summed E-state index contributed by atoms with van der Waals surface area (Å²) in [5.74, 6) is 0.361. The van der Waals surface area contributed by atoms with Crippen LogP contribution >= 0.6 is 11.8 Å². The summed E-state index contributed by atoms with van der Waals surface area (Å²) in [6.45, 7) is 4.49. The van der Waals surface area contributed by atoms with Gasteiger partial charge in [-0.25, -0.2) is 4.79 Å². The molecule has 0 fully saturated rings. The number of carbonyl (C=O) groups is 2. The third kappa shape index (κ3) is 5.45. The lowest BCUT2D eigenvalue weighted by atomic mass is 10.2. The summed E-state index contributed by atoms with van der Waals surface area (Å²) >= 11 is 1.23. The Morgan fingerprint density at radius 1 is 1.03 bits per heavy atom. The maximum absolute atomic E-state index is 12.1. The fraction of sp³-hybridized carbons (Fsp3) is 0.238. The first-order valence-electron chi connectivity index (χ1n) is 9.37. The molecule has 29 heavy (non-hydrogen) atoms. The van der Waals surface area contributed by atoms with Crippen molar-refractivity contribution in [3.8, 4) is 17.1 Å². The van der Waals surface area contributed by atoms with Crippen molar-refractivity contribution in [2.45, 2.75) is 25.4 Å². The van der Waals surface area contributed by atoms with Crippen LogP contribution in [0, 0.1) is 6.92 Å². The number of hydrogen-bond donors (Lipinski definition) is 2. The van der Waals surface area contributed by atoms with Gasteiger partial charge in [0.1, 0.15) is 0 Å². The van der Waals surface area contributed by atoms with Crippen molar-refractivity contribution < 1.29 is 9.59 Å². The molecular formula is C21H23N5O2S. The van der Waals surface area contributed by atoms with E-state index in [2.05, 4.69) is 20.8 Å². The van der Waals surface area contributed by atoms with Gasteiger partial charge in [0.2, 0.25) is 5.91 Å². The smallest absolute Gasteiger partial charge is 0.321 e. The number of aryl methyl sites for hydroxylation is 1. The van der Waals surface area contributed by atoms with Crippen molar-refractivity contribution in [1.29, 1.82) is 0 Å². The largest absolute Gasteiger partial charge is 0.338 e. The molecule has 150 valence electrons. The zero-order valence-corrected chi connectivity index (χ0v) is 17.2. The number of benzene rings is 2. The molecule has 3 aromatic rings. The van der Waals surface area contributed by atoms with Crippen molar-refractivity contribution >= 4 is 23.7 Å². The molecule has 1 aromatic heterocycles. The van der Waals surface area contributed by atoms with Crippen LogP contribution in [0.1, 0.15) is 18.9 Å². The summed E-state index contributed by atoms with van der Waals surface area (Å²) in [6, 6.07) is 17.3. The molecule has 8 heteroatoms. The quantitative estimate of drug-likeness (QED) is 0.583. The third-order valence-electron chi connectivity index (χ3n) is 4.08. The number of imide groups is 1. The number of amides is 3. The lowest BCUT2D eigenvalue weighted by Crippen LogP contribution is -2.40.